The summed E-state index contributed by atoms with van der Waals surface area (Å²) in [5.74, 6) is 0. The molecule has 1 aliphatic rings. The number of hydrogen-bond acceptors (Lipinski definition) is 2. The van der Waals surface area contributed by atoms with Gasteiger partial charge in [0.15, 0.2) is 0 Å². The lowest BCUT2D eigenvalue weighted by Crippen LogP contribution is -2.23. The Morgan fingerprint density at radius 2 is 1.11 bits per heavy atom. The highest BCUT2D eigenvalue weighted by atomic mass is 15.3. The number of benzene rings is 8. The summed E-state index contributed by atoms with van der Waals surface area (Å²) >= 11 is 0. The molecule has 0 amide bonds. The van der Waals surface area contributed by atoms with Gasteiger partial charge in [-0.2, -0.15) is 0 Å². The Labute approximate surface area is 266 Å². The number of aromatic nitrogens is 1. The number of rotatable bonds is 3. The number of para-hydroxylation sites is 2. The third kappa shape index (κ3) is 3.60. The molecule has 1 N–H and O–H groups in total. The van der Waals surface area contributed by atoms with E-state index in [4.69, 9.17) is 0 Å². The molecule has 1 aliphatic heterocycles. The summed E-state index contributed by atoms with van der Waals surface area (Å²) in [6.07, 6.45) is -0.00819. The van der Waals surface area contributed by atoms with Crippen molar-refractivity contribution in [2.45, 2.75) is 6.17 Å². The van der Waals surface area contributed by atoms with Gasteiger partial charge in [0.1, 0.15) is 6.17 Å². The van der Waals surface area contributed by atoms with E-state index in [0.717, 1.165) is 5.69 Å². The Bertz CT molecular complexity index is 2620. The number of hydrogen-bond donors (Lipinski definition) is 1. The fraction of sp³-hybridized carbons (Fsp3) is 0.0233. The van der Waals surface area contributed by atoms with Gasteiger partial charge in [-0.25, -0.2) is 0 Å². The summed E-state index contributed by atoms with van der Waals surface area (Å²) < 4.78 is 2.43. The van der Waals surface area contributed by atoms with Crippen LogP contribution in [0.3, 0.4) is 0 Å². The molecule has 2 heterocycles. The minimum atomic E-state index is -0.00819. The maximum Gasteiger partial charge on any atom is 0.130 e. The molecule has 0 bridgehead atoms. The van der Waals surface area contributed by atoms with Crippen LogP contribution in [0.4, 0.5) is 17.1 Å². The van der Waals surface area contributed by atoms with E-state index >= 15 is 0 Å². The van der Waals surface area contributed by atoms with Gasteiger partial charge < -0.3 is 14.8 Å². The van der Waals surface area contributed by atoms with Crippen LogP contribution < -0.4 is 10.2 Å². The molecule has 0 saturated carbocycles. The molecule has 3 nitrogen and oxygen atoms in total. The molecule has 1 unspecified atom stereocenters. The molecule has 1 aromatic heterocycles. The van der Waals surface area contributed by atoms with Gasteiger partial charge in [-0.15, -0.1) is 0 Å². The van der Waals surface area contributed by atoms with Crippen molar-refractivity contribution in [1.29, 1.82) is 0 Å². The first-order chi connectivity index (χ1) is 22.8. The van der Waals surface area contributed by atoms with Crippen molar-refractivity contribution >= 4 is 71.2 Å². The van der Waals surface area contributed by atoms with Crippen molar-refractivity contribution in [3.8, 4) is 5.69 Å². The predicted octanol–water partition coefficient (Wildman–Crippen LogP) is 11.5. The smallest absolute Gasteiger partial charge is 0.130 e. The van der Waals surface area contributed by atoms with Crippen molar-refractivity contribution in [1.82, 2.24) is 4.57 Å². The topological polar surface area (TPSA) is 20.2 Å². The standard InChI is InChI=1S/C43H29N3/c1-3-12-30(13-4-1)43-44-37-25-21-29-19-20-31-27-33(23-24-35(31)40(29)42(37)46(43)32-14-5-2-6-15-32)45-38-18-10-9-17-36(38)41-34-16-8-7-11-28(34)22-26-39(41)45/h1-27,43-44H. The van der Waals surface area contributed by atoms with E-state index in [0.29, 0.717) is 0 Å². The van der Waals surface area contributed by atoms with E-state index in [-0.39, 0.29) is 6.17 Å². The third-order valence-electron chi connectivity index (χ3n) is 9.72. The summed E-state index contributed by atoms with van der Waals surface area (Å²) in [5, 5.41) is 14.0. The molecule has 0 fully saturated rings. The molecular formula is C43H29N3. The maximum atomic E-state index is 3.87. The first-order valence-electron chi connectivity index (χ1n) is 15.9. The molecule has 0 saturated heterocycles. The minimum absolute atomic E-state index is 0.00819. The quantitative estimate of drug-likeness (QED) is 0.208. The number of nitrogens with one attached hydrogen (secondary N) is 1. The summed E-state index contributed by atoms with van der Waals surface area (Å²) in [6, 6.07) is 59.6. The molecule has 46 heavy (non-hydrogen) atoms. The van der Waals surface area contributed by atoms with Crippen LogP contribution in [0.1, 0.15) is 11.7 Å². The van der Waals surface area contributed by atoms with Crippen molar-refractivity contribution < 1.29 is 0 Å². The van der Waals surface area contributed by atoms with Gasteiger partial charge in [0.25, 0.3) is 0 Å². The second-order valence-corrected chi connectivity index (χ2v) is 12.2. The normalized spacial score (nSPS) is 14.4. The third-order valence-corrected chi connectivity index (χ3v) is 9.72. The molecular weight excluding hydrogens is 558 g/mol. The second kappa shape index (κ2) is 9.72. The van der Waals surface area contributed by atoms with Gasteiger partial charge in [-0.05, 0) is 75.0 Å². The molecule has 10 rings (SSSR count). The lowest BCUT2D eigenvalue weighted by atomic mass is 9.98. The summed E-state index contributed by atoms with van der Waals surface area (Å²) in [7, 11) is 0. The second-order valence-electron chi connectivity index (χ2n) is 12.2. The minimum Gasteiger partial charge on any atom is -0.359 e. The van der Waals surface area contributed by atoms with Gasteiger partial charge >= 0.3 is 0 Å². The highest BCUT2D eigenvalue weighted by Gasteiger charge is 2.33. The average molecular weight is 588 g/mol. The van der Waals surface area contributed by atoms with Crippen LogP contribution in [0.25, 0.3) is 59.8 Å². The van der Waals surface area contributed by atoms with E-state index in [2.05, 4.69) is 179 Å². The van der Waals surface area contributed by atoms with Gasteiger partial charge in [-0.3, -0.25) is 0 Å². The van der Waals surface area contributed by atoms with E-state index in [1.54, 1.807) is 0 Å². The highest BCUT2D eigenvalue weighted by molar-refractivity contribution is 6.22. The molecule has 1 atom stereocenters. The molecule has 8 aromatic carbocycles. The van der Waals surface area contributed by atoms with E-state index < -0.39 is 0 Å². The average Bonchev–Trinajstić information content (AvgIpc) is 3.69. The Morgan fingerprint density at radius 3 is 1.98 bits per heavy atom. The zero-order chi connectivity index (χ0) is 30.2. The lowest BCUT2D eigenvalue weighted by Gasteiger charge is -2.28. The van der Waals surface area contributed by atoms with Crippen LogP contribution >= 0.6 is 0 Å². The van der Waals surface area contributed by atoms with Gasteiger partial charge in [0, 0.05) is 27.5 Å². The highest BCUT2D eigenvalue weighted by Crippen LogP contribution is 2.51. The fourth-order valence-corrected chi connectivity index (χ4v) is 7.72. The van der Waals surface area contributed by atoms with Crippen LogP contribution in [0, 0.1) is 0 Å². The summed E-state index contributed by atoms with van der Waals surface area (Å²) in [4.78, 5) is 2.47. The first-order valence-corrected chi connectivity index (χ1v) is 15.9. The zero-order valence-electron chi connectivity index (χ0n) is 25.1. The summed E-state index contributed by atoms with van der Waals surface area (Å²) in [5.41, 5.74) is 8.39. The lowest BCUT2D eigenvalue weighted by molar-refractivity contribution is 0.830. The molecule has 216 valence electrons. The Kier molecular flexibility index (Phi) is 5.34. The zero-order valence-corrected chi connectivity index (χ0v) is 25.1. The van der Waals surface area contributed by atoms with Crippen LogP contribution in [0.2, 0.25) is 0 Å². The van der Waals surface area contributed by atoms with Gasteiger partial charge in [-0.1, -0.05) is 121 Å². The van der Waals surface area contributed by atoms with Crippen molar-refractivity contribution in [3.63, 3.8) is 0 Å². The van der Waals surface area contributed by atoms with E-state index in [9.17, 15) is 0 Å². The Balaban J connectivity index is 1.22. The fourth-order valence-electron chi connectivity index (χ4n) is 7.72. The van der Waals surface area contributed by atoms with Gasteiger partial charge in [0.2, 0.25) is 0 Å². The van der Waals surface area contributed by atoms with Crippen LogP contribution in [0.15, 0.2) is 164 Å². The molecule has 0 aliphatic carbocycles. The Morgan fingerprint density at radius 1 is 0.435 bits per heavy atom. The maximum absolute atomic E-state index is 3.87. The van der Waals surface area contributed by atoms with Gasteiger partial charge in [0.05, 0.1) is 22.4 Å². The largest absolute Gasteiger partial charge is 0.359 e. The monoisotopic (exact) mass is 587 g/mol. The molecule has 9 aromatic rings. The first kappa shape index (κ1) is 25.3. The number of anilines is 3. The molecule has 3 heteroatoms. The van der Waals surface area contributed by atoms with Crippen molar-refractivity contribution in [3.05, 3.63) is 169 Å². The number of nitrogens with zero attached hydrogens (tertiary/aromatic N) is 2. The Hall–Kier alpha value is -6.06. The van der Waals surface area contributed by atoms with Crippen LogP contribution in [-0.2, 0) is 0 Å². The van der Waals surface area contributed by atoms with Crippen LogP contribution in [0.5, 0.6) is 0 Å². The SMILES string of the molecule is c1ccc(C2Nc3ccc4ccc5cc(-n6c7ccccc7c7c8ccccc8ccc76)ccc5c4c3N2c2ccccc2)cc1. The summed E-state index contributed by atoms with van der Waals surface area (Å²) in [6.45, 7) is 0. The van der Waals surface area contributed by atoms with Crippen molar-refractivity contribution in [2.24, 2.45) is 0 Å². The number of fused-ring (bicyclic) bond motifs is 10. The predicted molar refractivity (Wildman–Crippen MR) is 195 cm³/mol. The van der Waals surface area contributed by atoms with E-state index in [1.165, 1.54) is 76.7 Å². The van der Waals surface area contributed by atoms with Crippen molar-refractivity contribution in [2.75, 3.05) is 10.2 Å². The molecule has 0 radical (unpaired) electrons. The van der Waals surface area contributed by atoms with Crippen LogP contribution in [-0.4, -0.2) is 4.57 Å². The van der Waals surface area contributed by atoms with E-state index in [1.807, 2.05) is 0 Å². The molecule has 0 spiro atoms.